The monoisotopic (exact) mass is 473 g/mol. The minimum absolute atomic E-state index is 0.0338. The number of likely N-dealkylation sites (tertiary alicyclic amines) is 1. The van der Waals surface area contributed by atoms with Crippen LogP contribution in [0, 0.1) is 0 Å². The average molecular weight is 474 g/mol. The Morgan fingerprint density at radius 2 is 1.70 bits per heavy atom. The van der Waals surface area contributed by atoms with Gasteiger partial charge in [0.1, 0.15) is 5.60 Å². The molecule has 0 spiro atoms. The summed E-state index contributed by atoms with van der Waals surface area (Å²) in [5.41, 5.74) is 1.58. The van der Waals surface area contributed by atoms with Crippen molar-refractivity contribution in [3.63, 3.8) is 0 Å². The van der Waals surface area contributed by atoms with Crippen molar-refractivity contribution < 1.29 is 18.3 Å². The van der Waals surface area contributed by atoms with Gasteiger partial charge in [0.2, 0.25) is 11.3 Å². The maximum atomic E-state index is 12.2. The SMILES string of the molecule is CC(C)(C)OC(=O)NC1CCN(C(CN(Cc2ccccc2)S(=O)O)c2ccccc2)CC1. The molecule has 1 aliphatic rings. The zero-order valence-corrected chi connectivity index (χ0v) is 20.5. The Balaban J connectivity index is 1.68. The second-order valence-corrected chi connectivity index (χ2v) is 10.4. The summed E-state index contributed by atoms with van der Waals surface area (Å²) in [6.07, 6.45) is 1.21. The van der Waals surface area contributed by atoms with Crippen LogP contribution in [0.3, 0.4) is 0 Å². The van der Waals surface area contributed by atoms with Crippen molar-refractivity contribution in [2.24, 2.45) is 0 Å². The van der Waals surface area contributed by atoms with E-state index in [-0.39, 0.29) is 18.2 Å². The molecule has 1 fully saturated rings. The van der Waals surface area contributed by atoms with E-state index in [9.17, 15) is 13.6 Å². The van der Waals surface area contributed by atoms with Crippen LogP contribution in [0.1, 0.15) is 50.8 Å². The van der Waals surface area contributed by atoms with Crippen molar-refractivity contribution >= 4 is 17.4 Å². The summed E-state index contributed by atoms with van der Waals surface area (Å²) in [7, 11) is 0. The minimum Gasteiger partial charge on any atom is -0.444 e. The number of ether oxygens (including phenoxy) is 1. The molecule has 2 aromatic carbocycles. The number of benzene rings is 2. The zero-order valence-electron chi connectivity index (χ0n) is 19.6. The lowest BCUT2D eigenvalue weighted by Gasteiger charge is -2.39. The van der Waals surface area contributed by atoms with Crippen LogP contribution in [0.2, 0.25) is 0 Å². The topological polar surface area (TPSA) is 82.1 Å². The van der Waals surface area contributed by atoms with Crippen LogP contribution in [-0.4, -0.2) is 55.3 Å². The third kappa shape index (κ3) is 8.23. The Bertz CT molecular complexity index is 897. The van der Waals surface area contributed by atoms with Gasteiger partial charge in [0.25, 0.3) is 0 Å². The molecule has 8 heteroatoms. The van der Waals surface area contributed by atoms with Crippen LogP contribution < -0.4 is 5.32 Å². The highest BCUT2D eigenvalue weighted by Gasteiger charge is 2.30. The lowest BCUT2D eigenvalue weighted by molar-refractivity contribution is 0.0463. The number of amides is 1. The molecule has 180 valence electrons. The second kappa shape index (κ2) is 11.7. The Morgan fingerprint density at radius 1 is 1.12 bits per heavy atom. The van der Waals surface area contributed by atoms with Gasteiger partial charge in [0, 0.05) is 38.3 Å². The fourth-order valence-corrected chi connectivity index (χ4v) is 4.63. The quantitative estimate of drug-likeness (QED) is 0.557. The van der Waals surface area contributed by atoms with Gasteiger partial charge in [-0.2, -0.15) is 4.31 Å². The lowest BCUT2D eigenvalue weighted by atomic mass is 9.99. The van der Waals surface area contributed by atoms with Gasteiger partial charge in [-0.05, 0) is 44.7 Å². The third-order valence-corrected chi connectivity index (χ3v) is 6.39. The van der Waals surface area contributed by atoms with Gasteiger partial charge < -0.3 is 10.1 Å². The van der Waals surface area contributed by atoms with Crippen LogP contribution in [0.4, 0.5) is 4.79 Å². The summed E-state index contributed by atoms with van der Waals surface area (Å²) in [6.45, 7) is 7.93. The smallest absolute Gasteiger partial charge is 0.407 e. The Hall–Kier alpha value is -2.26. The minimum atomic E-state index is -2.09. The van der Waals surface area contributed by atoms with Gasteiger partial charge in [-0.3, -0.25) is 9.45 Å². The molecule has 2 atom stereocenters. The van der Waals surface area contributed by atoms with Crippen molar-refractivity contribution in [1.82, 2.24) is 14.5 Å². The Morgan fingerprint density at radius 3 is 2.24 bits per heavy atom. The van der Waals surface area contributed by atoms with E-state index in [1.165, 1.54) is 0 Å². The molecular formula is C25H35N3O4S. The summed E-state index contributed by atoms with van der Waals surface area (Å²) in [4.78, 5) is 14.5. The summed E-state index contributed by atoms with van der Waals surface area (Å²) in [6, 6.07) is 19.9. The molecule has 0 aliphatic carbocycles. The first-order valence-corrected chi connectivity index (χ1v) is 12.5. The number of nitrogens with zero attached hydrogens (tertiary/aromatic N) is 2. The molecule has 1 heterocycles. The predicted octanol–water partition coefficient (Wildman–Crippen LogP) is 4.36. The van der Waals surface area contributed by atoms with Gasteiger partial charge >= 0.3 is 6.09 Å². The van der Waals surface area contributed by atoms with Crippen LogP contribution >= 0.6 is 0 Å². The number of nitrogens with one attached hydrogen (secondary N) is 1. The molecule has 2 aromatic rings. The van der Waals surface area contributed by atoms with E-state index in [4.69, 9.17) is 4.74 Å². The molecule has 1 saturated heterocycles. The first-order chi connectivity index (χ1) is 15.7. The fourth-order valence-electron chi connectivity index (χ4n) is 4.10. The average Bonchev–Trinajstić information content (AvgIpc) is 2.77. The largest absolute Gasteiger partial charge is 0.444 e. The number of hydrogen-bond acceptors (Lipinski definition) is 4. The van der Waals surface area contributed by atoms with Crippen molar-refractivity contribution in [1.29, 1.82) is 0 Å². The highest BCUT2D eigenvalue weighted by Crippen LogP contribution is 2.27. The maximum Gasteiger partial charge on any atom is 0.407 e. The highest BCUT2D eigenvalue weighted by atomic mass is 32.2. The molecule has 0 radical (unpaired) electrons. The maximum absolute atomic E-state index is 12.2. The number of piperidine rings is 1. The molecule has 2 N–H and O–H groups in total. The third-order valence-electron chi connectivity index (χ3n) is 5.67. The van der Waals surface area contributed by atoms with Gasteiger partial charge in [0.15, 0.2) is 0 Å². The van der Waals surface area contributed by atoms with Crippen molar-refractivity contribution in [3.05, 3.63) is 71.8 Å². The number of rotatable bonds is 8. The van der Waals surface area contributed by atoms with E-state index < -0.39 is 16.9 Å². The van der Waals surface area contributed by atoms with E-state index >= 15 is 0 Å². The van der Waals surface area contributed by atoms with Crippen LogP contribution in [0.25, 0.3) is 0 Å². The molecule has 0 saturated carbocycles. The highest BCUT2D eigenvalue weighted by molar-refractivity contribution is 7.76. The Labute approximate surface area is 199 Å². The molecule has 1 amide bonds. The van der Waals surface area contributed by atoms with E-state index in [0.29, 0.717) is 13.1 Å². The van der Waals surface area contributed by atoms with E-state index in [1.54, 1.807) is 4.31 Å². The molecule has 0 aromatic heterocycles. The molecule has 1 aliphatic heterocycles. The summed E-state index contributed by atoms with van der Waals surface area (Å²) >= 11 is -2.09. The van der Waals surface area contributed by atoms with Gasteiger partial charge in [0.05, 0.1) is 0 Å². The van der Waals surface area contributed by atoms with E-state index in [1.807, 2.05) is 69.3 Å². The normalized spacial score (nSPS) is 17.5. The van der Waals surface area contributed by atoms with Crippen molar-refractivity contribution in [2.45, 2.75) is 57.8 Å². The number of carbonyl (C=O) groups excluding carboxylic acids is 1. The summed E-state index contributed by atoms with van der Waals surface area (Å²) < 4.78 is 29.2. The number of hydrogen-bond donors (Lipinski definition) is 2. The van der Waals surface area contributed by atoms with E-state index in [2.05, 4.69) is 22.3 Å². The molecule has 7 nitrogen and oxygen atoms in total. The number of alkyl carbamates (subject to hydrolysis) is 1. The fraction of sp³-hybridized carbons (Fsp3) is 0.480. The van der Waals surface area contributed by atoms with Gasteiger partial charge in [-0.15, -0.1) is 0 Å². The van der Waals surface area contributed by atoms with Gasteiger partial charge in [-0.1, -0.05) is 60.7 Å². The van der Waals surface area contributed by atoms with Crippen molar-refractivity contribution in [3.8, 4) is 0 Å². The van der Waals surface area contributed by atoms with E-state index in [0.717, 1.165) is 37.1 Å². The first kappa shape index (κ1) is 25.4. The standard InChI is InChI=1S/C25H35N3O4S/c1-25(2,3)32-24(29)26-22-14-16-27(17-15-22)23(21-12-8-5-9-13-21)19-28(33(30)31)18-20-10-6-4-7-11-20/h4-13,22-23H,14-19H2,1-3H3,(H,26,29)(H,30,31). The summed E-state index contributed by atoms with van der Waals surface area (Å²) in [5, 5.41) is 2.98. The van der Waals surface area contributed by atoms with Crippen LogP contribution in [0.15, 0.2) is 60.7 Å². The molecule has 33 heavy (non-hydrogen) atoms. The van der Waals surface area contributed by atoms with Crippen molar-refractivity contribution in [2.75, 3.05) is 19.6 Å². The predicted molar refractivity (Wildman–Crippen MR) is 131 cm³/mol. The first-order valence-electron chi connectivity index (χ1n) is 11.4. The second-order valence-electron chi connectivity index (χ2n) is 9.42. The molecule has 0 bridgehead atoms. The molecular weight excluding hydrogens is 438 g/mol. The van der Waals surface area contributed by atoms with Crippen LogP contribution in [0.5, 0.6) is 0 Å². The Kier molecular flexibility index (Phi) is 9.02. The number of carbonyl (C=O) groups is 1. The molecule has 3 rings (SSSR count). The lowest BCUT2D eigenvalue weighted by Crippen LogP contribution is -2.48. The summed E-state index contributed by atoms with van der Waals surface area (Å²) in [5.74, 6) is 0. The zero-order chi connectivity index (χ0) is 23.8. The van der Waals surface area contributed by atoms with Gasteiger partial charge in [-0.25, -0.2) is 9.00 Å². The van der Waals surface area contributed by atoms with Crippen LogP contribution in [-0.2, 0) is 22.5 Å². The molecule has 2 unspecified atom stereocenters.